The Morgan fingerprint density at radius 1 is 1.24 bits per heavy atom. The molecule has 25 heavy (non-hydrogen) atoms. The van der Waals surface area contributed by atoms with Crippen molar-refractivity contribution in [2.45, 2.75) is 6.42 Å². The molecule has 0 bridgehead atoms. The number of urea groups is 1. The highest BCUT2D eigenvalue weighted by Crippen LogP contribution is 2.23. The van der Waals surface area contributed by atoms with Gasteiger partial charge < -0.3 is 15.7 Å². The number of aliphatic carboxylic acids is 1. The summed E-state index contributed by atoms with van der Waals surface area (Å²) in [5.74, 6) is -1.11. The number of amides is 2. The summed E-state index contributed by atoms with van der Waals surface area (Å²) in [7, 11) is 0. The number of benzene rings is 1. The van der Waals surface area contributed by atoms with Gasteiger partial charge >= 0.3 is 12.0 Å². The van der Waals surface area contributed by atoms with Gasteiger partial charge in [-0.1, -0.05) is 18.2 Å². The second-order valence-corrected chi connectivity index (χ2v) is 6.22. The fourth-order valence-corrected chi connectivity index (χ4v) is 3.16. The van der Waals surface area contributed by atoms with Gasteiger partial charge in [-0.2, -0.15) is 5.10 Å². The fraction of sp³-hybridized carbons (Fsp3) is 0.125. The lowest BCUT2D eigenvalue weighted by Gasteiger charge is -2.04. The first kappa shape index (κ1) is 16.7. The van der Waals surface area contributed by atoms with Gasteiger partial charge in [0.15, 0.2) is 0 Å². The third-order valence-corrected chi connectivity index (χ3v) is 4.37. The molecule has 0 fully saturated rings. The van der Waals surface area contributed by atoms with E-state index in [2.05, 4.69) is 20.8 Å². The van der Waals surface area contributed by atoms with Gasteiger partial charge in [0.2, 0.25) is 0 Å². The van der Waals surface area contributed by atoms with E-state index in [4.69, 9.17) is 5.11 Å². The lowest BCUT2D eigenvalue weighted by atomic mass is 10.1. The minimum atomic E-state index is -1.11. The van der Waals surface area contributed by atoms with Crippen LogP contribution in [-0.4, -0.2) is 33.8 Å². The van der Waals surface area contributed by atoms with Crippen LogP contribution in [0, 0.1) is 0 Å². The zero-order valence-electron chi connectivity index (χ0n) is 12.9. The Hall–Kier alpha value is -3.20. The van der Waals surface area contributed by atoms with E-state index < -0.39 is 18.5 Å². The summed E-state index contributed by atoms with van der Waals surface area (Å²) < 4.78 is 0. The Balaban J connectivity index is 1.74. The maximum Gasteiger partial charge on any atom is 0.323 e. The number of rotatable bonds is 5. The Labute approximate surface area is 145 Å². The van der Waals surface area contributed by atoms with Crippen molar-refractivity contribution >= 4 is 39.8 Å². The number of aromatic amines is 1. The van der Waals surface area contributed by atoms with Crippen LogP contribution in [0.2, 0.25) is 0 Å². The van der Waals surface area contributed by atoms with E-state index >= 15 is 0 Å². The molecular weight excluding hydrogens is 344 g/mol. The van der Waals surface area contributed by atoms with Crippen LogP contribution in [0.15, 0.2) is 40.5 Å². The number of nitrogens with one attached hydrogen (secondary N) is 3. The summed E-state index contributed by atoms with van der Waals surface area (Å²) in [6.45, 7) is -0.448. The first-order chi connectivity index (χ1) is 12.0. The number of fused-ring (bicyclic) bond motifs is 1. The molecule has 0 aliphatic carbocycles. The van der Waals surface area contributed by atoms with Crippen molar-refractivity contribution in [3.63, 3.8) is 0 Å². The van der Waals surface area contributed by atoms with Crippen LogP contribution in [0.5, 0.6) is 0 Å². The van der Waals surface area contributed by atoms with Crippen molar-refractivity contribution in [2.24, 2.45) is 0 Å². The normalized spacial score (nSPS) is 10.6. The monoisotopic (exact) mass is 358 g/mol. The van der Waals surface area contributed by atoms with Gasteiger partial charge in [0.25, 0.3) is 5.56 Å². The van der Waals surface area contributed by atoms with E-state index in [1.807, 2.05) is 12.1 Å². The molecule has 8 nitrogen and oxygen atoms in total. The van der Waals surface area contributed by atoms with Crippen LogP contribution in [0.4, 0.5) is 10.5 Å². The largest absolute Gasteiger partial charge is 0.480 e. The molecule has 0 radical (unpaired) electrons. The third-order valence-electron chi connectivity index (χ3n) is 3.43. The Kier molecular flexibility index (Phi) is 4.75. The first-order valence-corrected chi connectivity index (χ1v) is 8.21. The van der Waals surface area contributed by atoms with E-state index in [-0.39, 0.29) is 5.56 Å². The van der Waals surface area contributed by atoms with Gasteiger partial charge in [0.1, 0.15) is 6.54 Å². The van der Waals surface area contributed by atoms with Crippen LogP contribution >= 0.6 is 11.3 Å². The van der Waals surface area contributed by atoms with Gasteiger partial charge in [-0.3, -0.25) is 9.59 Å². The molecule has 128 valence electrons. The smallest absolute Gasteiger partial charge is 0.323 e. The predicted octanol–water partition coefficient (Wildman–Crippen LogP) is 1.78. The lowest BCUT2D eigenvalue weighted by Crippen LogP contribution is -2.32. The number of hydrogen-bond donors (Lipinski definition) is 4. The van der Waals surface area contributed by atoms with Crippen LogP contribution in [-0.2, 0) is 11.2 Å². The van der Waals surface area contributed by atoms with Crippen molar-refractivity contribution in [1.29, 1.82) is 0 Å². The maximum absolute atomic E-state index is 11.8. The molecule has 2 amide bonds. The second kappa shape index (κ2) is 7.14. The van der Waals surface area contributed by atoms with Gasteiger partial charge in [-0.05, 0) is 12.1 Å². The lowest BCUT2D eigenvalue weighted by molar-refractivity contribution is -0.135. The fourth-order valence-electron chi connectivity index (χ4n) is 2.34. The van der Waals surface area contributed by atoms with Crippen molar-refractivity contribution < 1.29 is 14.7 Å². The molecular formula is C16H14N4O4S. The summed E-state index contributed by atoms with van der Waals surface area (Å²) in [6, 6.07) is 8.43. The Bertz CT molecular complexity index is 995. The molecule has 0 unspecified atom stereocenters. The molecule has 0 saturated heterocycles. The molecule has 3 aromatic rings. The molecule has 2 heterocycles. The summed E-state index contributed by atoms with van der Waals surface area (Å²) >= 11 is 1.43. The molecule has 4 N–H and O–H groups in total. The topological polar surface area (TPSA) is 124 Å². The molecule has 0 aliphatic heterocycles. The van der Waals surface area contributed by atoms with Crippen molar-refractivity contribution in [1.82, 2.24) is 15.5 Å². The quantitative estimate of drug-likeness (QED) is 0.553. The van der Waals surface area contributed by atoms with Gasteiger partial charge in [0.05, 0.1) is 16.8 Å². The van der Waals surface area contributed by atoms with Gasteiger partial charge in [0, 0.05) is 22.1 Å². The standard InChI is InChI=1S/C16H14N4O4S/c21-14(22)7-17-16(24)18-9-5-10(25-8-9)6-13-11-3-1-2-4-12(11)15(23)20-19-13/h1-5,8H,6-7H2,(H,20,23)(H,21,22)(H2,17,18,24). The molecule has 9 heteroatoms. The predicted molar refractivity (Wildman–Crippen MR) is 94.1 cm³/mol. The number of carbonyl (C=O) groups is 2. The Morgan fingerprint density at radius 2 is 2.00 bits per heavy atom. The van der Waals surface area contributed by atoms with E-state index in [1.54, 1.807) is 23.6 Å². The van der Waals surface area contributed by atoms with Gasteiger partial charge in [-0.15, -0.1) is 11.3 Å². The molecule has 2 aromatic heterocycles. The average Bonchev–Trinajstić information content (AvgIpc) is 3.03. The summed E-state index contributed by atoms with van der Waals surface area (Å²) in [5, 5.41) is 23.1. The summed E-state index contributed by atoms with van der Waals surface area (Å²) in [5.41, 5.74) is 1.07. The Morgan fingerprint density at radius 3 is 2.76 bits per heavy atom. The second-order valence-electron chi connectivity index (χ2n) is 5.22. The number of carbonyl (C=O) groups excluding carboxylic acids is 1. The maximum atomic E-state index is 11.8. The number of aromatic nitrogens is 2. The first-order valence-electron chi connectivity index (χ1n) is 7.33. The molecule has 0 atom stereocenters. The number of hydrogen-bond acceptors (Lipinski definition) is 5. The third kappa shape index (κ3) is 4.01. The molecule has 0 saturated carbocycles. The highest BCUT2D eigenvalue weighted by atomic mass is 32.1. The van der Waals surface area contributed by atoms with Gasteiger partial charge in [-0.25, -0.2) is 9.89 Å². The summed E-state index contributed by atoms with van der Waals surface area (Å²) in [6.07, 6.45) is 0.500. The average molecular weight is 358 g/mol. The highest BCUT2D eigenvalue weighted by molar-refractivity contribution is 7.10. The summed E-state index contributed by atoms with van der Waals surface area (Å²) in [4.78, 5) is 34.7. The van der Waals surface area contributed by atoms with Crippen LogP contribution in [0.1, 0.15) is 10.6 Å². The number of carboxylic acids is 1. The molecule has 3 rings (SSSR count). The van der Waals surface area contributed by atoms with Crippen LogP contribution < -0.4 is 16.2 Å². The SMILES string of the molecule is O=C(O)CNC(=O)Nc1csc(Cc2n[nH]c(=O)c3ccccc23)c1. The van der Waals surface area contributed by atoms with E-state index in [0.717, 1.165) is 16.0 Å². The molecule has 0 spiro atoms. The van der Waals surface area contributed by atoms with Crippen molar-refractivity contribution in [3.8, 4) is 0 Å². The minimum absolute atomic E-state index is 0.233. The van der Waals surface area contributed by atoms with Crippen molar-refractivity contribution in [2.75, 3.05) is 11.9 Å². The van der Waals surface area contributed by atoms with Crippen molar-refractivity contribution in [3.05, 3.63) is 56.6 Å². The number of H-pyrrole nitrogens is 1. The zero-order chi connectivity index (χ0) is 17.8. The number of anilines is 1. The minimum Gasteiger partial charge on any atom is -0.480 e. The number of nitrogens with zero attached hydrogens (tertiary/aromatic N) is 1. The van der Waals surface area contributed by atoms with E-state index in [9.17, 15) is 14.4 Å². The molecule has 0 aliphatic rings. The molecule has 1 aromatic carbocycles. The van der Waals surface area contributed by atoms with Crippen LogP contribution in [0.25, 0.3) is 10.8 Å². The number of carboxylic acid groups (broad SMARTS) is 1. The highest BCUT2D eigenvalue weighted by Gasteiger charge is 2.10. The van der Waals surface area contributed by atoms with E-state index in [0.29, 0.717) is 17.5 Å². The zero-order valence-corrected chi connectivity index (χ0v) is 13.7. The van der Waals surface area contributed by atoms with Crippen LogP contribution in [0.3, 0.4) is 0 Å². The number of thiophene rings is 1. The van der Waals surface area contributed by atoms with E-state index in [1.165, 1.54) is 11.3 Å².